The molecule has 0 aromatic carbocycles. The fourth-order valence-corrected chi connectivity index (χ4v) is 2.19. The molecular formula is C16H19N3O3. The lowest BCUT2D eigenvalue weighted by Crippen LogP contribution is -2.42. The van der Waals surface area contributed by atoms with E-state index in [2.05, 4.69) is 9.97 Å². The van der Waals surface area contributed by atoms with Crippen LogP contribution in [0.3, 0.4) is 0 Å². The van der Waals surface area contributed by atoms with Crippen LogP contribution in [0.1, 0.15) is 29.4 Å². The lowest BCUT2D eigenvalue weighted by Gasteiger charge is -2.29. The van der Waals surface area contributed by atoms with Crippen molar-refractivity contribution in [3.63, 3.8) is 0 Å². The Balaban J connectivity index is 2.29. The van der Waals surface area contributed by atoms with Gasteiger partial charge in [0.1, 0.15) is 0 Å². The number of aliphatic hydroxyl groups excluding tert-OH is 1. The van der Waals surface area contributed by atoms with Crippen molar-refractivity contribution < 1.29 is 9.90 Å². The molecule has 116 valence electrons. The topological polar surface area (TPSA) is 86.3 Å². The SMILES string of the molecule is CC[C@@H](CO)N(Cc1ccccn1)C(=O)c1ccc(=O)[nH]c1. The van der Waals surface area contributed by atoms with Gasteiger partial charge in [-0.2, -0.15) is 0 Å². The highest BCUT2D eigenvalue weighted by molar-refractivity contribution is 5.94. The van der Waals surface area contributed by atoms with Gasteiger partial charge >= 0.3 is 0 Å². The third-order valence-corrected chi connectivity index (χ3v) is 3.47. The Kier molecular flexibility index (Phi) is 5.43. The standard InChI is InChI=1S/C16H19N3O3/c1-2-14(11-20)19(10-13-5-3-4-8-17-13)16(22)12-6-7-15(21)18-9-12/h3-9,14,20H,2,10-11H2,1H3,(H,18,21)/t14-/m0/s1. The van der Waals surface area contributed by atoms with E-state index in [1.165, 1.54) is 18.3 Å². The van der Waals surface area contributed by atoms with Crippen LogP contribution < -0.4 is 5.56 Å². The number of nitrogens with zero attached hydrogens (tertiary/aromatic N) is 2. The van der Waals surface area contributed by atoms with E-state index in [-0.39, 0.29) is 24.1 Å². The van der Waals surface area contributed by atoms with E-state index >= 15 is 0 Å². The lowest BCUT2D eigenvalue weighted by molar-refractivity contribution is 0.0560. The minimum Gasteiger partial charge on any atom is -0.394 e. The second-order valence-corrected chi connectivity index (χ2v) is 4.94. The molecule has 2 N–H and O–H groups in total. The molecule has 6 nitrogen and oxygen atoms in total. The van der Waals surface area contributed by atoms with Crippen LogP contribution in [0.25, 0.3) is 0 Å². The number of pyridine rings is 2. The van der Waals surface area contributed by atoms with Crippen molar-refractivity contribution in [3.05, 3.63) is 64.3 Å². The highest BCUT2D eigenvalue weighted by atomic mass is 16.3. The number of aromatic amines is 1. The molecule has 1 atom stereocenters. The van der Waals surface area contributed by atoms with Gasteiger partial charge in [0.15, 0.2) is 0 Å². The Hall–Kier alpha value is -2.47. The molecule has 1 amide bonds. The van der Waals surface area contributed by atoms with E-state index in [1.807, 2.05) is 19.1 Å². The maximum absolute atomic E-state index is 12.7. The fourth-order valence-electron chi connectivity index (χ4n) is 2.19. The van der Waals surface area contributed by atoms with Gasteiger partial charge in [-0.25, -0.2) is 0 Å². The molecule has 0 aliphatic rings. The third kappa shape index (κ3) is 3.79. The molecule has 2 aromatic heterocycles. The van der Waals surface area contributed by atoms with Gasteiger partial charge in [0.05, 0.1) is 30.5 Å². The number of nitrogens with one attached hydrogen (secondary N) is 1. The maximum Gasteiger partial charge on any atom is 0.256 e. The summed E-state index contributed by atoms with van der Waals surface area (Å²) in [6.45, 7) is 2.09. The predicted octanol–water partition coefficient (Wildman–Crippen LogP) is 1.18. The summed E-state index contributed by atoms with van der Waals surface area (Å²) < 4.78 is 0. The van der Waals surface area contributed by atoms with Gasteiger partial charge in [-0.05, 0) is 24.6 Å². The Morgan fingerprint density at radius 3 is 2.73 bits per heavy atom. The summed E-state index contributed by atoms with van der Waals surface area (Å²) in [5.41, 5.74) is 0.858. The number of carbonyl (C=O) groups excluding carboxylic acids is 1. The molecule has 0 saturated carbocycles. The zero-order valence-corrected chi connectivity index (χ0v) is 12.4. The molecule has 0 aliphatic heterocycles. The number of H-pyrrole nitrogens is 1. The first kappa shape index (κ1) is 15.9. The molecule has 0 radical (unpaired) electrons. The normalized spacial score (nSPS) is 11.9. The fraction of sp³-hybridized carbons (Fsp3) is 0.312. The number of hydrogen-bond acceptors (Lipinski definition) is 4. The number of carbonyl (C=O) groups is 1. The minimum atomic E-state index is -0.304. The van der Waals surface area contributed by atoms with Crippen LogP contribution >= 0.6 is 0 Å². The molecule has 0 bridgehead atoms. The van der Waals surface area contributed by atoms with Gasteiger partial charge in [-0.1, -0.05) is 13.0 Å². The van der Waals surface area contributed by atoms with Crippen molar-refractivity contribution in [2.75, 3.05) is 6.61 Å². The second kappa shape index (κ2) is 7.51. The van der Waals surface area contributed by atoms with Crippen LogP contribution in [0.2, 0.25) is 0 Å². The van der Waals surface area contributed by atoms with Crippen molar-refractivity contribution in [3.8, 4) is 0 Å². The van der Waals surface area contributed by atoms with Gasteiger partial charge in [-0.3, -0.25) is 14.6 Å². The predicted molar refractivity (Wildman–Crippen MR) is 82.3 cm³/mol. The van der Waals surface area contributed by atoms with Crippen LogP contribution in [0.4, 0.5) is 0 Å². The van der Waals surface area contributed by atoms with Gasteiger partial charge in [-0.15, -0.1) is 0 Å². The van der Waals surface area contributed by atoms with Crippen LogP contribution in [-0.4, -0.2) is 38.5 Å². The summed E-state index contributed by atoms with van der Waals surface area (Å²) in [4.78, 5) is 32.1. The molecule has 0 spiro atoms. The van der Waals surface area contributed by atoms with E-state index in [1.54, 1.807) is 17.2 Å². The Morgan fingerprint density at radius 1 is 1.36 bits per heavy atom. The summed E-state index contributed by atoms with van der Waals surface area (Å²) in [7, 11) is 0. The molecule has 2 aromatic rings. The van der Waals surface area contributed by atoms with Crippen LogP contribution in [-0.2, 0) is 6.54 Å². The molecule has 0 saturated heterocycles. The number of hydrogen-bond donors (Lipinski definition) is 2. The molecule has 0 aliphatic carbocycles. The Labute approximate surface area is 128 Å². The molecular weight excluding hydrogens is 282 g/mol. The average molecular weight is 301 g/mol. The summed E-state index contributed by atoms with van der Waals surface area (Å²) in [6, 6.07) is 7.98. The lowest BCUT2D eigenvalue weighted by atomic mass is 10.1. The van der Waals surface area contributed by atoms with Crippen molar-refractivity contribution in [2.24, 2.45) is 0 Å². The maximum atomic E-state index is 12.7. The molecule has 2 rings (SSSR count). The summed E-state index contributed by atoms with van der Waals surface area (Å²) >= 11 is 0. The van der Waals surface area contributed by atoms with Crippen molar-refractivity contribution in [1.82, 2.24) is 14.9 Å². The van der Waals surface area contributed by atoms with Gasteiger partial charge < -0.3 is 15.0 Å². The summed E-state index contributed by atoms with van der Waals surface area (Å²) in [5, 5.41) is 9.54. The van der Waals surface area contributed by atoms with Gasteiger partial charge in [0.25, 0.3) is 5.91 Å². The van der Waals surface area contributed by atoms with Crippen LogP contribution in [0.15, 0.2) is 47.5 Å². The second-order valence-electron chi connectivity index (χ2n) is 4.94. The van der Waals surface area contributed by atoms with E-state index in [0.717, 1.165) is 5.69 Å². The van der Waals surface area contributed by atoms with E-state index in [4.69, 9.17) is 0 Å². The minimum absolute atomic E-state index is 0.127. The molecule has 0 unspecified atom stereocenters. The Bertz CT molecular complexity index is 645. The number of amides is 1. The first-order chi connectivity index (χ1) is 10.7. The van der Waals surface area contributed by atoms with Crippen LogP contribution in [0, 0.1) is 0 Å². The Morgan fingerprint density at radius 2 is 2.18 bits per heavy atom. The smallest absolute Gasteiger partial charge is 0.256 e. The summed E-state index contributed by atoms with van der Waals surface area (Å²) in [6.07, 6.45) is 3.68. The number of aromatic nitrogens is 2. The van der Waals surface area contributed by atoms with Crippen molar-refractivity contribution in [1.29, 1.82) is 0 Å². The zero-order chi connectivity index (χ0) is 15.9. The molecule has 22 heavy (non-hydrogen) atoms. The van der Waals surface area contributed by atoms with Crippen molar-refractivity contribution in [2.45, 2.75) is 25.9 Å². The monoisotopic (exact) mass is 301 g/mol. The van der Waals surface area contributed by atoms with Crippen LogP contribution in [0.5, 0.6) is 0 Å². The van der Waals surface area contributed by atoms with Gasteiger partial charge in [0, 0.05) is 18.5 Å². The third-order valence-electron chi connectivity index (χ3n) is 3.47. The molecule has 0 fully saturated rings. The van der Waals surface area contributed by atoms with E-state index < -0.39 is 0 Å². The zero-order valence-electron chi connectivity index (χ0n) is 12.4. The van der Waals surface area contributed by atoms with Gasteiger partial charge in [0.2, 0.25) is 5.56 Å². The highest BCUT2D eigenvalue weighted by Gasteiger charge is 2.23. The largest absolute Gasteiger partial charge is 0.394 e. The average Bonchev–Trinajstić information content (AvgIpc) is 2.56. The van der Waals surface area contributed by atoms with Crippen molar-refractivity contribution >= 4 is 5.91 Å². The summed E-state index contributed by atoms with van der Waals surface area (Å²) in [5.74, 6) is -0.247. The first-order valence-corrected chi connectivity index (χ1v) is 7.16. The number of aliphatic hydroxyl groups is 1. The quantitative estimate of drug-likeness (QED) is 0.839. The van der Waals surface area contributed by atoms with E-state index in [0.29, 0.717) is 18.5 Å². The first-order valence-electron chi connectivity index (χ1n) is 7.16. The highest BCUT2D eigenvalue weighted by Crippen LogP contribution is 2.13. The number of rotatable bonds is 6. The van der Waals surface area contributed by atoms with E-state index in [9.17, 15) is 14.7 Å². The molecule has 2 heterocycles. The molecule has 6 heteroatoms.